The zero-order valence-electron chi connectivity index (χ0n) is 13.4. The lowest BCUT2D eigenvalue weighted by Crippen LogP contribution is -2.10. The van der Waals surface area contributed by atoms with Crippen molar-refractivity contribution in [3.63, 3.8) is 0 Å². The van der Waals surface area contributed by atoms with Gasteiger partial charge in [0, 0.05) is 11.1 Å². The van der Waals surface area contributed by atoms with E-state index in [4.69, 9.17) is 0 Å². The molecule has 0 unspecified atom stereocenters. The van der Waals surface area contributed by atoms with Crippen LogP contribution >= 0.6 is 0 Å². The molecule has 4 nitrogen and oxygen atoms in total. The van der Waals surface area contributed by atoms with Crippen LogP contribution in [0.15, 0.2) is 0 Å². The summed E-state index contributed by atoms with van der Waals surface area (Å²) >= 11 is 0. The summed E-state index contributed by atoms with van der Waals surface area (Å²) < 4.78 is 0. The molecule has 0 bridgehead atoms. The molecule has 1 N–H and O–H groups in total. The molecule has 20 heavy (non-hydrogen) atoms. The Bertz CT molecular complexity index is 531. The number of nitrogens with zero attached hydrogens (tertiary/aromatic N) is 1. The molecule has 0 heterocycles. The van der Waals surface area contributed by atoms with Crippen molar-refractivity contribution in [2.75, 3.05) is 0 Å². The lowest BCUT2D eigenvalue weighted by Gasteiger charge is -2.24. The number of nitro groups is 1. The molecule has 0 radical (unpaired) electrons. The first-order valence-corrected chi connectivity index (χ1v) is 7.14. The van der Waals surface area contributed by atoms with Gasteiger partial charge in [0.1, 0.15) is 5.75 Å². The van der Waals surface area contributed by atoms with Crippen LogP contribution in [0, 0.1) is 17.0 Å². The van der Waals surface area contributed by atoms with E-state index in [0.29, 0.717) is 11.1 Å². The van der Waals surface area contributed by atoms with Crippen molar-refractivity contribution in [2.24, 2.45) is 0 Å². The van der Waals surface area contributed by atoms with Crippen LogP contribution in [0.2, 0.25) is 0 Å². The summed E-state index contributed by atoms with van der Waals surface area (Å²) in [6, 6.07) is 0. The largest absolute Gasteiger partial charge is 0.507 e. The first kappa shape index (κ1) is 16.5. The summed E-state index contributed by atoms with van der Waals surface area (Å²) in [6.07, 6.45) is 0. The predicted octanol–water partition coefficient (Wildman–Crippen LogP) is 4.98. The van der Waals surface area contributed by atoms with Gasteiger partial charge in [-0.25, -0.2) is 0 Å². The fourth-order valence-corrected chi connectivity index (χ4v) is 3.03. The molecule has 0 aromatic heterocycles. The molecular weight excluding hydrogens is 254 g/mol. The van der Waals surface area contributed by atoms with Crippen molar-refractivity contribution in [2.45, 2.75) is 66.2 Å². The first-order valence-electron chi connectivity index (χ1n) is 7.14. The third-order valence-electron chi connectivity index (χ3n) is 3.73. The average Bonchev–Trinajstić information content (AvgIpc) is 2.28. The Kier molecular flexibility index (Phi) is 4.79. The topological polar surface area (TPSA) is 63.4 Å². The lowest BCUT2D eigenvalue weighted by atomic mass is 9.81. The number of hydrogen-bond acceptors (Lipinski definition) is 3. The van der Waals surface area contributed by atoms with Gasteiger partial charge in [0.05, 0.1) is 10.5 Å². The van der Waals surface area contributed by atoms with Crippen LogP contribution in [-0.4, -0.2) is 10.0 Å². The second-order valence-electron chi connectivity index (χ2n) is 6.28. The van der Waals surface area contributed by atoms with E-state index in [1.54, 1.807) is 6.92 Å². The molecule has 0 fully saturated rings. The minimum Gasteiger partial charge on any atom is -0.507 e. The van der Waals surface area contributed by atoms with Crippen LogP contribution in [-0.2, 0) is 0 Å². The van der Waals surface area contributed by atoms with E-state index < -0.39 is 0 Å². The Morgan fingerprint density at radius 2 is 1.30 bits per heavy atom. The highest BCUT2D eigenvalue weighted by molar-refractivity contribution is 5.64. The van der Waals surface area contributed by atoms with Gasteiger partial charge < -0.3 is 5.11 Å². The summed E-state index contributed by atoms with van der Waals surface area (Å²) in [5, 5.41) is 22.1. The van der Waals surface area contributed by atoms with Gasteiger partial charge >= 0.3 is 0 Å². The minimum absolute atomic E-state index is 0.0746. The number of rotatable bonds is 4. The number of aromatic hydroxyl groups is 1. The molecule has 0 amide bonds. The quantitative estimate of drug-likeness (QED) is 0.624. The highest BCUT2D eigenvalue weighted by Crippen LogP contribution is 2.46. The lowest BCUT2D eigenvalue weighted by molar-refractivity contribution is -0.386. The molecule has 0 aliphatic carbocycles. The maximum absolute atomic E-state index is 11.4. The smallest absolute Gasteiger partial charge is 0.279 e. The standard InChI is InChI=1S/C16H25NO3/c1-8(2)12-11(7)15(17(19)20)14(10(5)6)16(18)13(12)9(3)4/h8-10,18H,1-7H3. The highest BCUT2D eigenvalue weighted by Gasteiger charge is 2.31. The van der Waals surface area contributed by atoms with E-state index in [9.17, 15) is 15.2 Å². The monoisotopic (exact) mass is 279 g/mol. The zero-order chi connectivity index (χ0) is 15.8. The summed E-state index contributed by atoms with van der Waals surface area (Å²) in [6.45, 7) is 13.6. The Morgan fingerprint density at radius 3 is 1.60 bits per heavy atom. The summed E-state index contributed by atoms with van der Waals surface area (Å²) in [5.74, 6) is 0.284. The maximum Gasteiger partial charge on any atom is 0.279 e. The van der Waals surface area contributed by atoms with E-state index in [1.807, 2.05) is 41.5 Å². The number of nitro benzene ring substituents is 1. The van der Waals surface area contributed by atoms with Crippen molar-refractivity contribution < 1.29 is 10.0 Å². The van der Waals surface area contributed by atoms with Gasteiger partial charge in [-0.2, -0.15) is 0 Å². The van der Waals surface area contributed by atoms with Crippen LogP contribution in [0.1, 0.15) is 81.5 Å². The normalized spacial score (nSPS) is 11.7. The van der Waals surface area contributed by atoms with E-state index in [0.717, 1.165) is 11.1 Å². The second kappa shape index (κ2) is 5.81. The molecule has 0 spiro atoms. The molecule has 1 aromatic rings. The molecule has 1 aromatic carbocycles. The fraction of sp³-hybridized carbons (Fsp3) is 0.625. The molecule has 1 rings (SSSR count). The molecule has 0 aliphatic rings. The van der Waals surface area contributed by atoms with Crippen LogP contribution in [0.25, 0.3) is 0 Å². The van der Waals surface area contributed by atoms with Gasteiger partial charge in [0.25, 0.3) is 5.69 Å². The summed E-state index contributed by atoms with van der Waals surface area (Å²) in [7, 11) is 0. The van der Waals surface area contributed by atoms with Gasteiger partial charge in [-0.05, 0) is 30.2 Å². The summed E-state index contributed by atoms with van der Waals surface area (Å²) in [5.41, 5.74) is 2.99. The molecule has 4 heteroatoms. The zero-order valence-corrected chi connectivity index (χ0v) is 13.4. The van der Waals surface area contributed by atoms with Gasteiger partial charge in [-0.1, -0.05) is 41.5 Å². The van der Waals surface area contributed by atoms with Crippen molar-refractivity contribution in [1.82, 2.24) is 0 Å². The molecule has 0 saturated heterocycles. The fourth-order valence-electron chi connectivity index (χ4n) is 3.03. The number of phenolic OH excluding ortho intramolecular Hbond substituents is 1. The minimum atomic E-state index is -0.361. The van der Waals surface area contributed by atoms with Crippen LogP contribution in [0.5, 0.6) is 5.75 Å². The van der Waals surface area contributed by atoms with Crippen LogP contribution in [0.3, 0.4) is 0 Å². The Hall–Kier alpha value is -1.58. The van der Waals surface area contributed by atoms with Gasteiger partial charge in [0.15, 0.2) is 0 Å². The third kappa shape index (κ3) is 2.65. The van der Waals surface area contributed by atoms with Crippen molar-refractivity contribution in [1.29, 1.82) is 0 Å². The van der Waals surface area contributed by atoms with E-state index in [1.165, 1.54) is 0 Å². The number of benzene rings is 1. The van der Waals surface area contributed by atoms with E-state index in [2.05, 4.69) is 0 Å². The Morgan fingerprint density at radius 1 is 0.900 bits per heavy atom. The summed E-state index contributed by atoms with van der Waals surface area (Å²) in [4.78, 5) is 11.1. The Balaban J connectivity index is 3.94. The van der Waals surface area contributed by atoms with Gasteiger partial charge in [-0.15, -0.1) is 0 Å². The van der Waals surface area contributed by atoms with Crippen molar-refractivity contribution in [3.05, 3.63) is 32.4 Å². The number of phenols is 1. The Labute approximate surface area is 121 Å². The van der Waals surface area contributed by atoms with Crippen molar-refractivity contribution >= 4 is 5.69 Å². The third-order valence-corrected chi connectivity index (χ3v) is 3.73. The van der Waals surface area contributed by atoms with Gasteiger partial charge in [0.2, 0.25) is 0 Å². The first-order chi connectivity index (χ1) is 9.11. The van der Waals surface area contributed by atoms with Crippen molar-refractivity contribution in [3.8, 4) is 5.75 Å². The number of hydrogen-bond donors (Lipinski definition) is 1. The molecular formula is C16H25NO3. The predicted molar refractivity (Wildman–Crippen MR) is 81.8 cm³/mol. The average molecular weight is 279 g/mol. The molecule has 112 valence electrons. The molecule has 0 aliphatic heterocycles. The highest BCUT2D eigenvalue weighted by atomic mass is 16.6. The van der Waals surface area contributed by atoms with Gasteiger partial charge in [-0.3, -0.25) is 10.1 Å². The maximum atomic E-state index is 11.4. The molecule has 0 atom stereocenters. The van der Waals surface area contributed by atoms with E-state index >= 15 is 0 Å². The second-order valence-corrected chi connectivity index (χ2v) is 6.28. The van der Waals surface area contributed by atoms with Crippen LogP contribution in [0.4, 0.5) is 5.69 Å². The molecule has 0 saturated carbocycles. The van der Waals surface area contributed by atoms with Crippen LogP contribution < -0.4 is 0 Å². The SMILES string of the molecule is Cc1c(C(C)C)c(C(C)C)c(O)c(C(C)C)c1[N+](=O)[O-]. The van der Waals surface area contributed by atoms with E-state index in [-0.39, 0.29) is 34.1 Å².